The lowest BCUT2D eigenvalue weighted by atomic mass is 9.64. The molecule has 0 unspecified atom stereocenters. The lowest BCUT2D eigenvalue weighted by Gasteiger charge is -2.51. The molecule has 1 saturated carbocycles. The van der Waals surface area contributed by atoms with Gasteiger partial charge in [0.2, 0.25) is 11.8 Å². The van der Waals surface area contributed by atoms with Gasteiger partial charge in [0.05, 0.1) is 17.7 Å². The van der Waals surface area contributed by atoms with Gasteiger partial charge in [0, 0.05) is 25.2 Å². The van der Waals surface area contributed by atoms with E-state index in [4.69, 9.17) is 0 Å². The van der Waals surface area contributed by atoms with Crippen LogP contribution in [0, 0.1) is 5.41 Å². The van der Waals surface area contributed by atoms with E-state index in [1.165, 1.54) is 5.56 Å². The highest BCUT2D eigenvalue weighted by Crippen LogP contribution is 2.46. The molecule has 29 heavy (non-hydrogen) atoms. The first-order valence-electron chi connectivity index (χ1n) is 10.7. The van der Waals surface area contributed by atoms with Crippen LogP contribution in [0.2, 0.25) is 0 Å². The molecule has 2 atom stereocenters. The van der Waals surface area contributed by atoms with E-state index in [-0.39, 0.29) is 17.9 Å². The predicted octanol–water partition coefficient (Wildman–Crippen LogP) is 3.49. The number of carbonyl (C=O) groups excluding carboxylic acids is 2. The summed E-state index contributed by atoms with van der Waals surface area (Å²) in [5, 5.41) is 3.13. The number of benzene rings is 1. The molecule has 1 saturated heterocycles. The highest BCUT2D eigenvalue weighted by Gasteiger charge is 2.52. The molecule has 5 heteroatoms. The van der Waals surface area contributed by atoms with Crippen molar-refractivity contribution < 1.29 is 9.59 Å². The van der Waals surface area contributed by atoms with Crippen molar-refractivity contribution in [1.29, 1.82) is 0 Å². The summed E-state index contributed by atoms with van der Waals surface area (Å²) in [6.45, 7) is 1.12. The van der Waals surface area contributed by atoms with Crippen molar-refractivity contribution in [1.82, 2.24) is 15.2 Å². The van der Waals surface area contributed by atoms with E-state index in [1.54, 1.807) is 6.20 Å². The van der Waals surface area contributed by atoms with Crippen LogP contribution in [-0.2, 0) is 22.6 Å². The minimum absolute atomic E-state index is 0.00458. The quantitative estimate of drug-likeness (QED) is 0.820. The van der Waals surface area contributed by atoms with Gasteiger partial charge >= 0.3 is 0 Å². The Bertz CT molecular complexity index is 840. The smallest absolute Gasteiger partial charge is 0.228 e. The summed E-state index contributed by atoms with van der Waals surface area (Å²) in [4.78, 5) is 32.5. The Morgan fingerprint density at radius 1 is 1.10 bits per heavy atom. The zero-order chi connectivity index (χ0) is 20.1. The zero-order valence-electron chi connectivity index (χ0n) is 16.8. The lowest BCUT2D eigenvalue weighted by molar-refractivity contribution is -0.155. The largest absolute Gasteiger partial charge is 0.350 e. The minimum Gasteiger partial charge on any atom is -0.350 e. The lowest BCUT2D eigenvalue weighted by Crippen LogP contribution is -2.61. The van der Waals surface area contributed by atoms with Gasteiger partial charge in [-0.2, -0.15) is 0 Å². The van der Waals surface area contributed by atoms with Gasteiger partial charge in [-0.1, -0.05) is 49.2 Å². The first-order valence-corrected chi connectivity index (χ1v) is 10.7. The van der Waals surface area contributed by atoms with Gasteiger partial charge in [-0.05, 0) is 43.4 Å². The van der Waals surface area contributed by atoms with Crippen molar-refractivity contribution >= 4 is 11.8 Å². The number of pyridine rings is 1. The van der Waals surface area contributed by atoms with E-state index in [0.29, 0.717) is 25.9 Å². The Labute approximate surface area is 172 Å². The number of carbonyl (C=O) groups is 2. The fourth-order valence-corrected chi connectivity index (χ4v) is 5.02. The van der Waals surface area contributed by atoms with E-state index in [0.717, 1.165) is 37.8 Å². The van der Waals surface area contributed by atoms with Crippen molar-refractivity contribution in [2.75, 3.05) is 6.54 Å². The number of nitrogens with zero attached hydrogens (tertiary/aromatic N) is 2. The van der Waals surface area contributed by atoms with E-state index in [2.05, 4.69) is 22.4 Å². The Kier molecular flexibility index (Phi) is 5.93. The maximum absolute atomic E-state index is 13.4. The molecule has 2 aromatic rings. The molecule has 2 amide bonds. The van der Waals surface area contributed by atoms with E-state index in [1.807, 2.05) is 41.3 Å². The third kappa shape index (κ3) is 4.19. The van der Waals surface area contributed by atoms with Crippen LogP contribution in [-0.4, -0.2) is 34.3 Å². The molecule has 1 aliphatic heterocycles. The SMILES string of the molecule is O=C1CC[C@]2(C(=O)NCc3ccccn3)CCCC[C@H]2N1CCc1ccccc1. The van der Waals surface area contributed by atoms with Crippen LogP contribution in [0.15, 0.2) is 54.7 Å². The second-order valence-corrected chi connectivity index (χ2v) is 8.24. The molecule has 0 spiro atoms. The first-order chi connectivity index (χ1) is 14.2. The van der Waals surface area contributed by atoms with Gasteiger partial charge in [-0.3, -0.25) is 14.6 Å². The molecule has 2 heterocycles. The molecule has 0 radical (unpaired) electrons. The molecule has 5 nitrogen and oxygen atoms in total. The summed E-state index contributed by atoms with van der Waals surface area (Å²) in [7, 11) is 0. The molecule has 1 N–H and O–H groups in total. The standard InChI is InChI=1S/C24H29N3O2/c28-22-12-15-24(23(29)26-18-20-10-5-7-16-25-20)14-6-4-11-21(24)27(22)17-13-19-8-2-1-3-9-19/h1-3,5,7-10,16,21H,4,6,11-15,17-18H2,(H,26,29)/t21-,24-/m1/s1. The van der Waals surface area contributed by atoms with E-state index in [9.17, 15) is 9.59 Å². The summed E-state index contributed by atoms with van der Waals surface area (Å²) >= 11 is 0. The molecule has 152 valence electrons. The zero-order valence-corrected chi connectivity index (χ0v) is 16.8. The second-order valence-electron chi connectivity index (χ2n) is 8.24. The van der Waals surface area contributed by atoms with Crippen molar-refractivity contribution in [2.24, 2.45) is 5.41 Å². The van der Waals surface area contributed by atoms with Crippen LogP contribution in [0.4, 0.5) is 0 Å². The summed E-state index contributed by atoms with van der Waals surface area (Å²) < 4.78 is 0. The van der Waals surface area contributed by atoms with Gasteiger partial charge in [0.1, 0.15) is 0 Å². The first kappa shape index (κ1) is 19.6. The number of hydrogen-bond acceptors (Lipinski definition) is 3. The van der Waals surface area contributed by atoms with Crippen LogP contribution < -0.4 is 5.32 Å². The van der Waals surface area contributed by atoms with Crippen LogP contribution in [0.5, 0.6) is 0 Å². The average molecular weight is 392 g/mol. The molecule has 1 aromatic carbocycles. The summed E-state index contributed by atoms with van der Waals surface area (Å²) in [5.41, 5.74) is 1.63. The van der Waals surface area contributed by atoms with Crippen LogP contribution in [0.3, 0.4) is 0 Å². The predicted molar refractivity (Wildman–Crippen MR) is 112 cm³/mol. The summed E-state index contributed by atoms with van der Waals surface area (Å²) in [6.07, 6.45) is 7.60. The monoisotopic (exact) mass is 391 g/mol. The fraction of sp³-hybridized carbons (Fsp3) is 0.458. The van der Waals surface area contributed by atoms with Crippen molar-refractivity contribution in [3.8, 4) is 0 Å². The molecule has 2 aliphatic rings. The van der Waals surface area contributed by atoms with Crippen LogP contribution >= 0.6 is 0 Å². The van der Waals surface area contributed by atoms with Gasteiger partial charge < -0.3 is 10.2 Å². The Morgan fingerprint density at radius 3 is 2.72 bits per heavy atom. The molecule has 0 bridgehead atoms. The van der Waals surface area contributed by atoms with Crippen molar-refractivity contribution in [3.05, 3.63) is 66.0 Å². The molecular weight excluding hydrogens is 362 g/mol. The number of likely N-dealkylation sites (tertiary alicyclic amines) is 1. The van der Waals surface area contributed by atoms with E-state index < -0.39 is 5.41 Å². The Balaban J connectivity index is 1.49. The third-order valence-electron chi connectivity index (χ3n) is 6.56. The number of piperidine rings is 1. The maximum atomic E-state index is 13.4. The Hall–Kier alpha value is -2.69. The van der Waals surface area contributed by atoms with Gasteiger partial charge in [0.25, 0.3) is 0 Å². The number of nitrogens with one attached hydrogen (secondary N) is 1. The normalized spacial score (nSPS) is 24.1. The number of rotatable bonds is 6. The van der Waals surface area contributed by atoms with Gasteiger partial charge in [-0.15, -0.1) is 0 Å². The van der Waals surface area contributed by atoms with Crippen molar-refractivity contribution in [2.45, 2.75) is 57.5 Å². The van der Waals surface area contributed by atoms with Gasteiger partial charge in [0.15, 0.2) is 0 Å². The number of hydrogen-bond donors (Lipinski definition) is 1. The summed E-state index contributed by atoms with van der Waals surface area (Å²) in [5.74, 6) is 0.283. The van der Waals surface area contributed by atoms with Crippen LogP contribution in [0.25, 0.3) is 0 Å². The summed E-state index contributed by atoms with van der Waals surface area (Å²) in [6, 6.07) is 16.0. The molecule has 1 aromatic heterocycles. The van der Waals surface area contributed by atoms with E-state index >= 15 is 0 Å². The minimum atomic E-state index is -0.461. The third-order valence-corrected chi connectivity index (χ3v) is 6.56. The average Bonchev–Trinajstić information content (AvgIpc) is 2.78. The number of amides is 2. The molecule has 2 fully saturated rings. The topological polar surface area (TPSA) is 62.3 Å². The highest BCUT2D eigenvalue weighted by atomic mass is 16.2. The highest BCUT2D eigenvalue weighted by molar-refractivity contribution is 5.88. The fourth-order valence-electron chi connectivity index (χ4n) is 5.02. The maximum Gasteiger partial charge on any atom is 0.228 e. The number of aromatic nitrogens is 1. The van der Waals surface area contributed by atoms with Crippen molar-refractivity contribution in [3.63, 3.8) is 0 Å². The van der Waals surface area contributed by atoms with Crippen LogP contribution in [0.1, 0.15) is 49.8 Å². The Morgan fingerprint density at radius 2 is 1.93 bits per heavy atom. The molecule has 1 aliphatic carbocycles. The van der Waals surface area contributed by atoms with Gasteiger partial charge in [-0.25, -0.2) is 0 Å². The molecule has 4 rings (SSSR count). The molecular formula is C24H29N3O2. The number of fused-ring (bicyclic) bond motifs is 1. The second kappa shape index (κ2) is 8.76.